The number of allylic oxidation sites excluding steroid dienone is 1. The predicted octanol–water partition coefficient (Wildman–Crippen LogP) is 2.74. The molecule has 4 aliphatic carbocycles. The molecule has 0 bridgehead atoms. The molecule has 10 atom stereocenters. The van der Waals surface area contributed by atoms with Gasteiger partial charge in [-0.15, -0.1) is 0 Å². The molecule has 0 radical (unpaired) electrons. The van der Waals surface area contributed by atoms with Crippen molar-refractivity contribution in [2.24, 2.45) is 34.5 Å². The van der Waals surface area contributed by atoms with Gasteiger partial charge in [0.05, 0.1) is 29.5 Å². The summed E-state index contributed by atoms with van der Waals surface area (Å²) < 4.78 is 0. The van der Waals surface area contributed by atoms with E-state index in [4.69, 9.17) is 0 Å². The van der Waals surface area contributed by atoms with Gasteiger partial charge in [-0.25, -0.2) is 0 Å². The summed E-state index contributed by atoms with van der Waals surface area (Å²) in [5.41, 5.74) is -2.98. The van der Waals surface area contributed by atoms with Crippen molar-refractivity contribution in [1.82, 2.24) is 0 Å². The van der Waals surface area contributed by atoms with E-state index < -0.39 is 40.3 Å². The molecule has 3 fully saturated rings. The van der Waals surface area contributed by atoms with Crippen LogP contribution in [0, 0.1) is 34.5 Å². The van der Waals surface area contributed by atoms with Gasteiger partial charge in [0.1, 0.15) is 0 Å². The summed E-state index contributed by atoms with van der Waals surface area (Å²) in [6.45, 7) is 9.96. The van der Waals surface area contributed by atoms with Crippen LogP contribution in [0.1, 0.15) is 86.0 Å². The molecule has 0 spiro atoms. The van der Waals surface area contributed by atoms with Crippen LogP contribution in [-0.2, 0) is 4.79 Å². The summed E-state index contributed by atoms with van der Waals surface area (Å²) in [6.07, 6.45) is 3.39. The molecule has 0 amide bonds. The van der Waals surface area contributed by atoms with E-state index in [0.29, 0.717) is 38.0 Å². The summed E-state index contributed by atoms with van der Waals surface area (Å²) in [5, 5.41) is 55.4. The van der Waals surface area contributed by atoms with Crippen LogP contribution in [0.3, 0.4) is 0 Å². The van der Waals surface area contributed by atoms with Gasteiger partial charge in [-0.2, -0.15) is 0 Å². The molecular formula is C27H44O6. The van der Waals surface area contributed by atoms with Crippen LogP contribution in [0.4, 0.5) is 0 Å². The maximum atomic E-state index is 13.2. The number of aliphatic hydroxyl groups is 5. The molecule has 0 aromatic rings. The summed E-state index contributed by atoms with van der Waals surface area (Å²) in [4.78, 5) is 13.2. The van der Waals surface area contributed by atoms with Crippen molar-refractivity contribution in [2.75, 3.05) is 0 Å². The van der Waals surface area contributed by atoms with E-state index in [1.165, 1.54) is 0 Å². The Hall–Kier alpha value is -0.790. The van der Waals surface area contributed by atoms with E-state index in [-0.39, 0.29) is 30.0 Å². The van der Waals surface area contributed by atoms with Gasteiger partial charge in [0.25, 0.3) is 0 Å². The first-order chi connectivity index (χ1) is 15.2. The van der Waals surface area contributed by atoms with Gasteiger partial charge < -0.3 is 25.5 Å². The maximum Gasteiger partial charge on any atom is 0.159 e. The zero-order chi connectivity index (χ0) is 24.6. The molecule has 0 aromatic carbocycles. The zero-order valence-electron chi connectivity index (χ0n) is 20.9. The first-order valence-corrected chi connectivity index (χ1v) is 12.9. The molecule has 188 valence electrons. The zero-order valence-corrected chi connectivity index (χ0v) is 20.9. The Morgan fingerprint density at radius 3 is 2.39 bits per heavy atom. The number of fused-ring (bicyclic) bond motifs is 5. The van der Waals surface area contributed by atoms with Crippen molar-refractivity contribution in [3.63, 3.8) is 0 Å². The highest BCUT2D eigenvalue weighted by Crippen LogP contribution is 2.68. The molecule has 4 aliphatic rings. The second-order valence-electron chi connectivity index (χ2n) is 12.8. The number of carbonyl (C=O) groups excluding carboxylic acids is 1. The van der Waals surface area contributed by atoms with Gasteiger partial charge in [0.2, 0.25) is 0 Å². The van der Waals surface area contributed by atoms with Gasteiger partial charge in [-0.1, -0.05) is 27.7 Å². The number of carbonyl (C=O) groups is 1. The Bertz CT molecular complexity index is 819. The van der Waals surface area contributed by atoms with Crippen molar-refractivity contribution >= 4 is 5.78 Å². The number of hydrogen-bond acceptors (Lipinski definition) is 6. The van der Waals surface area contributed by atoms with Crippen molar-refractivity contribution in [2.45, 2.75) is 115 Å². The van der Waals surface area contributed by atoms with Crippen molar-refractivity contribution < 1.29 is 30.3 Å². The van der Waals surface area contributed by atoms with E-state index in [0.717, 1.165) is 18.4 Å². The Labute approximate surface area is 198 Å². The van der Waals surface area contributed by atoms with Crippen molar-refractivity contribution in [3.05, 3.63) is 11.6 Å². The highest BCUT2D eigenvalue weighted by atomic mass is 16.3. The molecule has 6 heteroatoms. The Morgan fingerprint density at radius 2 is 1.76 bits per heavy atom. The molecule has 0 unspecified atom stereocenters. The second-order valence-corrected chi connectivity index (χ2v) is 12.8. The molecule has 33 heavy (non-hydrogen) atoms. The fourth-order valence-corrected chi connectivity index (χ4v) is 8.32. The third kappa shape index (κ3) is 3.58. The third-order valence-corrected chi connectivity index (χ3v) is 10.5. The van der Waals surface area contributed by atoms with Gasteiger partial charge in [-0.05, 0) is 93.1 Å². The van der Waals surface area contributed by atoms with E-state index in [1.807, 2.05) is 13.8 Å². The van der Waals surface area contributed by atoms with Crippen LogP contribution in [0.25, 0.3) is 0 Å². The summed E-state index contributed by atoms with van der Waals surface area (Å²) in [5.74, 6) is -0.331. The number of rotatable bonds is 5. The van der Waals surface area contributed by atoms with E-state index in [9.17, 15) is 30.3 Å². The smallest absolute Gasteiger partial charge is 0.159 e. The van der Waals surface area contributed by atoms with Crippen LogP contribution in [0.5, 0.6) is 0 Å². The molecular weight excluding hydrogens is 420 g/mol. The monoisotopic (exact) mass is 464 g/mol. The fraction of sp³-hybridized carbons (Fsp3) is 0.889. The minimum atomic E-state index is -1.34. The van der Waals surface area contributed by atoms with Crippen LogP contribution < -0.4 is 0 Å². The first-order valence-electron chi connectivity index (χ1n) is 12.9. The topological polar surface area (TPSA) is 118 Å². The Morgan fingerprint density at radius 1 is 1.09 bits per heavy atom. The second kappa shape index (κ2) is 8.12. The van der Waals surface area contributed by atoms with E-state index >= 15 is 0 Å². The highest BCUT2D eigenvalue weighted by molar-refractivity contribution is 5.95. The minimum absolute atomic E-state index is 0.0463. The lowest BCUT2D eigenvalue weighted by Crippen LogP contribution is -2.62. The average molecular weight is 465 g/mol. The van der Waals surface area contributed by atoms with Gasteiger partial charge in [0, 0.05) is 11.3 Å². The van der Waals surface area contributed by atoms with Crippen molar-refractivity contribution in [1.29, 1.82) is 0 Å². The van der Waals surface area contributed by atoms with Gasteiger partial charge in [-0.3, -0.25) is 4.79 Å². The van der Waals surface area contributed by atoms with Crippen molar-refractivity contribution in [3.8, 4) is 0 Å². The lowest BCUT2D eigenvalue weighted by atomic mass is 9.45. The molecule has 5 N–H and O–H groups in total. The van der Waals surface area contributed by atoms with Crippen LogP contribution in [-0.4, -0.2) is 60.8 Å². The third-order valence-electron chi connectivity index (χ3n) is 10.5. The van der Waals surface area contributed by atoms with Gasteiger partial charge >= 0.3 is 0 Å². The van der Waals surface area contributed by atoms with Crippen LogP contribution in [0.2, 0.25) is 0 Å². The van der Waals surface area contributed by atoms with Crippen LogP contribution >= 0.6 is 0 Å². The SMILES string of the molecule is CC(C)CC[C@H](O)[C@](C)(O)[C@@H]1CC[C@@]2(O)C3=CC(=O)[C@@H]4C[C@@H](O)[C@@H](O)C[C@]4(C)[C@H]3CC[C@]12C. The fourth-order valence-electron chi connectivity index (χ4n) is 8.32. The first kappa shape index (κ1) is 25.3. The molecule has 0 aromatic heterocycles. The van der Waals surface area contributed by atoms with E-state index in [1.54, 1.807) is 13.0 Å². The highest BCUT2D eigenvalue weighted by Gasteiger charge is 2.69. The molecule has 4 rings (SSSR count). The molecule has 0 aliphatic heterocycles. The lowest BCUT2D eigenvalue weighted by Gasteiger charge is -2.60. The summed E-state index contributed by atoms with van der Waals surface area (Å²) in [6, 6.07) is 0. The number of hydrogen-bond donors (Lipinski definition) is 5. The summed E-state index contributed by atoms with van der Waals surface area (Å²) in [7, 11) is 0. The number of ketones is 1. The number of aliphatic hydroxyl groups excluding tert-OH is 3. The quantitative estimate of drug-likeness (QED) is 0.427. The standard InChI is InChI=1S/C27H44O6/c1-15(2)6-7-23(31)26(5,32)22-9-11-27(33)17-12-19(28)18-13-20(29)21(30)14-24(18,3)16(17)8-10-25(22,27)4/h12,15-16,18,20-23,29-33H,6-11,13-14H2,1-5H3/t16-,18-,20+,21-,22+,23-,24+,25+,26+,27+/m0/s1. The Kier molecular flexibility index (Phi) is 6.23. The molecule has 3 saturated carbocycles. The normalized spacial score (nSPS) is 47.9. The van der Waals surface area contributed by atoms with Gasteiger partial charge in [0.15, 0.2) is 5.78 Å². The largest absolute Gasteiger partial charge is 0.390 e. The van der Waals surface area contributed by atoms with Crippen LogP contribution in [0.15, 0.2) is 11.6 Å². The summed E-state index contributed by atoms with van der Waals surface area (Å²) >= 11 is 0. The van der Waals surface area contributed by atoms with E-state index in [2.05, 4.69) is 13.8 Å². The lowest BCUT2D eigenvalue weighted by molar-refractivity contribution is -0.176. The molecule has 0 heterocycles. The maximum absolute atomic E-state index is 13.2. The molecule has 0 saturated heterocycles. The Balaban J connectivity index is 1.68. The average Bonchev–Trinajstić information content (AvgIpc) is 3.00. The molecule has 6 nitrogen and oxygen atoms in total. The minimum Gasteiger partial charge on any atom is -0.390 e. The predicted molar refractivity (Wildman–Crippen MR) is 125 cm³/mol.